The van der Waals surface area contributed by atoms with Crippen LogP contribution < -0.4 is 5.32 Å². The van der Waals surface area contributed by atoms with Gasteiger partial charge in [0.1, 0.15) is 0 Å². The van der Waals surface area contributed by atoms with E-state index in [4.69, 9.17) is 0 Å². The monoisotopic (exact) mass is 195 g/mol. The van der Waals surface area contributed by atoms with Gasteiger partial charge < -0.3 is 5.32 Å². The maximum Gasteiger partial charge on any atom is 0.00978 e. The number of hydrogen-bond donors (Lipinski definition) is 1. The van der Waals surface area contributed by atoms with Crippen molar-refractivity contribution in [3.8, 4) is 0 Å². The Labute approximate surface area is 88.7 Å². The van der Waals surface area contributed by atoms with Crippen LogP contribution in [0.1, 0.15) is 64.7 Å². The summed E-state index contributed by atoms with van der Waals surface area (Å²) in [4.78, 5) is 0. The second-order valence-electron chi connectivity index (χ2n) is 5.23. The van der Waals surface area contributed by atoms with Crippen LogP contribution in [0.5, 0.6) is 0 Å². The Bertz CT molecular complexity index is 157. The van der Waals surface area contributed by atoms with E-state index in [0.717, 1.165) is 18.0 Å². The molecule has 1 atom stereocenters. The lowest BCUT2D eigenvalue weighted by Crippen LogP contribution is -2.38. The zero-order chi connectivity index (χ0) is 9.80. The topological polar surface area (TPSA) is 12.0 Å². The molecule has 2 saturated carbocycles. The fourth-order valence-electron chi connectivity index (χ4n) is 2.86. The average Bonchev–Trinajstić information content (AvgIpc) is 3.03. The van der Waals surface area contributed by atoms with E-state index >= 15 is 0 Å². The second-order valence-corrected chi connectivity index (χ2v) is 5.23. The lowest BCUT2D eigenvalue weighted by Gasteiger charge is -2.31. The maximum absolute atomic E-state index is 3.86. The molecule has 82 valence electrons. The van der Waals surface area contributed by atoms with Gasteiger partial charge in [0.05, 0.1) is 0 Å². The van der Waals surface area contributed by atoms with E-state index in [0.29, 0.717) is 0 Å². The van der Waals surface area contributed by atoms with E-state index < -0.39 is 0 Å². The highest BCUT2D eigenvalue weighted by Gasteiger charge is 2.29. The van der Waals surface area contributed by atoms with Crippen molar-refractivity contribution in [3.05, 3.63) is 0 Å². The molecule has 0 bridgehead atoms. The molecule has 1 heteroatoms. The van der Waals surface area contributed by atoms with Crippen LogP contribution in [0.3, 0.4) is 0 Å². The second kappa shape index (κ2) is 5.16. The highest BCUT2D eigenvalue weighted by molar-refractivity contribution is 4.88. The van der Waals surface area contributed by atoms with Crippen LogP contribution in [0.25, 0.3) is 0 Å². The summed E-state index contributed by atoms with van der Waals surface area (Å²) in [6, 6.07) is 1.75. The van der Waals surface area contributed by atoms with Crippen LogP contribution in [-0.4, -0.2) is 12.1 Å². The van der Waals surface area contributed by atoms with Crippen LogP contribution in [0.2, 0.25) is 0 Å². The Balaban J connectivity index is 1.79. The van der Waals surface area contributed by atoms with Gasteiger partial charge in [0, 0.05) is 12.1 Å². The fourth-order valence-corrected chi connectivity index (χ4v) is 2.86. The highest BCUT2D eigenvalue weighted by Crippen LogP contribution is 2.30. The van der Waals surface area contributed by atoms with Crippen LogP contribution >= 0.6 is 0 Å². The molecule has 2 fully saturated rings. The minimum absolute atomic E-state index is 0.854. The zero-order valence-electron chi connectivity index (χ0n) is 9.60. The van der Waals surface area contributed by atoms with Crippen LogP contribution in [0.15, 0.2) is 0 Å². The van der Waals surface area contributed by atoms with E-state index in [1.165, 1.54) is 57.8 Å². The van der Waals surface area contributed by atoms with E-state index in [2.05, 4.69) is 12.2 Å². The Morgan fingerprint density at radius 1 is 1.07 bits per heavy atom. The fraction of sp³-hybridized carbons (Fsp3) is 1.00. The molecule has 14 heavy (non-hydrogen) atoms. The molecule has 0 saturated heterocycles. The van der Waals surface area contributed by atoms with Gasteiger partial charge in [-0.1, -0.05) is 32.6 Å². The average molecular weight is 195 g/mol. The Morgan fingerprint density at radius 3 is 2.36 bits per heavy atom. The molecule has 0 aromatic rings. The molecule has 1 N–H and O–H groups in total. The summed E-state index contributed by atoms with van der Waals surface area (Å²) < 4.78 is 0. The summed E-state index contributed by atoms with van der Waals surface area (Å²) in [5.41, 5.74) is 0. The van der Waals surface area contributed by atoms with Gasteiger partial charge in [-0.15, -0.1) is 0 Å². The molecular formula is C13H25N. The van der Waals surface area contributed by atoms with Crippen LogP contribution in [0.4, 0.5) is 0 Å². The van der Waals surface area contributed by atoms with Crippen molar-refractivity contribution in [2.24, 2.45) is 5.92 Å². The van der Waals surface area contributed by atoms with Crippen molar-refractivity contribution in [2.75, 3.05) is 0 Å². The summed E-state index contributed by atoms with van der Waals surface area (Å²) in [6.45, 7) is 2.32. The third-order valence-corrected chi connectivity index (χ3v) is 3.85. The lowest BCUT2D eigenvalue weighted by molar-refractivity contribution is 0.255. The molecule has 2 aliphatic carbocycles. The van der Waals surface area contributed by atoms with Gasteiger partial charge in [-0.3, -0.25) is 0 Å². The number of rotatable bonds is 5. The van der Waals surface area contributed by atoms with E-state index in [1.807, 2.05) is 0 Å². The van der Waals surface area contributed by atoms with Gasteiger partial charge in [-0.2, -0.15) is 0 Å². The predicted octanol–water partition coefficient (Wildman–Crippen LogP) is 3.49. The highest BCUT2D eigenvalue weighted by atomic mass is 15.0. The van der Waals surface area contributed by atoms with Gasteiger partial charge in [-0.05, 0) is 38.0 Å². The van der Waals surface area contributed by atoms with Gasteiger partial charge in [0.15, 0.2) is 0 Å². The molecule has 0 amide bonds. The number of hydrogen-bond acceptors (Lipinski definition) is 1. The first-order chi connectivity index (χ1) is 6.90. The molecule has 1 nitrogen and oxygen atoms in total. The predicted molar refractivity (Wildman–Crippen MR) is 61.4 cm³/mol. The van der Waals surface area contributed by atoms with Crippen LogP contribution in [-0.2, 0) is 0 Å². The standard InChI is InChI=1S/C13H25N/c1-2-6-13(14-12-9-10-12)11-7-4-3-5-8-11/h11-14H,2-10H2,1H3. The summed E-state index contributed by atoms with van der Waals surface area (Å²) in [6.07, 6.45) is 13.1. The van der Waals surface area contributed by atoms with Gasteiger partial charge in [0.25, 0.3) is 0 Å². The lowest BCUT2D eigenvalue weighted by atomic mass is 9.82. The van der Waals surface area contributed by atoms with E-state index in [9.17, 15) is 0 Å². The van der Waals surface area contributed by atoms with Crippen molar-refractivity contribution in [3.63, 3.8) is 0 Å². The minimum Gasteiger partial charge on any atom is -0.311 e. The van der Waals surface area contributed by atoms with Gasteiger partial charge in [0.2, 0.25) is 0 Å². The third kappa shape index (κ3) is 2.98. The molecule has 0 radical (unpaired) electrons. The quantitative estimate of drug-likeness (QED) is 0.708. The first-order valence-electron chi connectivity index (χ1n) is 6.66. The van der Waals surface area contributed by atoms with Crippen molar-refractivity contribution < 1.29 is 0 Å². The SMILES string of the molecule is CCCC(NC1CC1)C1CCCCC1. The smallest absolute Gasteiger partial charge is 0.00978 e. The molecule has 0 aromatic carbocycles. The Kier molecular flexibility index (Phi) is 3.86. The van der Waals surface area contributed by atoms with Gasteiger partial charge >= 0.3 is 0 Å². The van der Waals surface area contributed by atoms with E-state index in [1.54, 1.807) is 0 Å². The summed E-state index contributed by atoms with van der Waals surface area (Å²) in [7, 11) is 0. The third-order valence-electron chi connectivity index (χ3n) is 3.85. The van der Waals surface area contributed by atoms with Gasteiger partial charge in [-0.25, -0.2) is 0 Å². The molecule has 2 rings (SSSR count). The Hall–Kier alpha value is -0.0400. The molecule has 0 aromatic heterocycles. The van der Waals surface area contributed by atoms with Crippen molar-refractivity contribution >= 4 is 0 Å². The first kappa shape index (κ1) is 10.5. The molecule has 1 unspecified atom stereocenters. The van der Waals surface area contributed by atoms with Crippen molar-refractivity contribution in [2.45, 2.75) is 76.8 Å². The summed E-state index contributed by atoms with van der Waals surface area (Å²) in [5, 5.41) is 3.86. The van der Waals surface area contributed by atoms with Crippen molar-refractivity contribution in [1.29, 1.82) is 0 Å². The molecule has 2 aliphatic rings. The molecule has 0 heterocycles. The van der Waals surface area contributed by atoms with E-state index in [-0.39, 0.29) is 0 Å². The minimum atomic E-state index is 0.854. The molecular weight excluding hydrogens is 170 g/mol. The molecule has 0 spiro atoms. The maximum atomic E-state index is 3.86. The normalized spacial score (nSPS) is 26.4. The summed E-state index contributed by atoms with van der Waals surface area (Å²) >= 11 is 0. The number of nitrogens with one attached hydrogen (secondary N) is 1. The first-order valence-corrected chi connectivity index (χ1v) is 6.66. The van der Waals surface area contributed by atoms with Crippen molar-refractivity contribution in [1.82, 2.24) is 5.32 Å². The molecule has 0 aliphatic heterocycles. The van der Waals surface area contributed by atoms with Crippen LogP contribution in [0, 0.1) is 5.92 Å². The zero-order valence-corrected chi connectivity index (χ0v) is 9.60. The largest absolute Gasteiger partial charge is 0.311 e. The summed E-state index contributed by atoms with van der Waals surface area (Å²) in [5.74, 6) is 1.00. The Morgan fingerprint density at radius 2 is 1.79 bits per heavy atom.